The van der Waals surface area contributed by atoms with Crippen LogP contribution in [0.1, 0.15) is 10.5 Å². The molecule has 1 aromatic carbocycles. The third-order valence-electron chi connectivity index (χ3n) is 2.89. The van der Waals surface area contributed by atoms with Crippen LogP contribution in [0.4, 0.5) is 0 Å². The Hall–Kier alpha value is -2.70. The van der Waals surface area contributed by atoms with E-state index in [1.807, 2.05) is 0 Å². The molecule has 2 aromatic heterocycles. The second-order valence-electron chi connectivity index (χ2n) is 4.01. The van der Waals surface area contributed by atoms with E-state index in [0.29, 0.717) is 16.7 Å². The molecule has 0 amide bonds. The van der Waals surface area contributed by atoms with Crippen LogP contribution in [0.2, 0.25) is 0 Å². The van der Waals surface area contributed by atoms with Gasteiger partial charge in [0.2, 0.25) is 11.7 Å². The molecule has 0 radical (unpaired) electrons. The van der Waals surface area contributed by atoms with E-state index in [2.05, 4.69) is 10.1 Å². The van der Waals surface area contributed by atoms with Gasteiger partial charge in [-0.3, -0.25) is 0 Å². The molecule has 3 aromatic rings. The molecule has 7 heteroatoms. The van der Waals surface area contributed by atoms with Crippen LogP contribution >= 0.6 is 0 Å². The summed E-state index contributed by atoms with van der Waals surface area (Å²) in [5.41, 5.74) is 1.52. The third-order valence-corrected chi connectivity index (χ3v) is 2.89. The Morgan fingerprint density at radius 1 is 1.42 bits per heavy atom. The van der Waals surface area contributed by atoms with Crippen LogP contribution in [0.5, 0.6) is 6.01 Å². The summed E-state index contributed by atoms with van der Waals surface area (Å²) in [5.74, 6) is -0.605. The molecule has 0 fully saturated rings. The lowest BCUT2D eigenvalue weighted by Gasteiger charge is -2.04. The quantitative estimate of drug-likeness (QED) is 0.436. The van der Waals surface area contributed by atoms with Crippen molar-refractivity contribution in [3.63, 3.8) is 0 Å². The number of methoxy groups -OCH3 is 1. The molecule has 0 aliphatic carbocycles. The number of aromatic nitrogens is 4. The number of rotatable bonds is 1. The summed E-state index contributed by atoms with van der Waals surface area (Å²) < 4.78 is 7.38. The fraction of sp³-hybridized carbons (Fsp3) is 0.167. The summed E-state index contributed by atoms with van der Waals surface area (Å²) in [7, 11) is 2.85. The highest BCUT2D eigenvalue weighted by Crippen LogP contribution is 2.14. The first kappa shape index (κ1) is 11.4. The Morgan fingerprint density at radius 2 is 2.16 bits per heavy atom. The van der Waals surface area contributed by atoms with Crippen molar-refractivity contribution in [2.24, 2.45) is 7.05 Å². The van der Waals surface area contributed by atoms with E-state index in [0.717, 1.165) is 0 Å². The number of esters is 1. The molecule has 0 bridgehead atoms. The van der Waals surface area contributed by atoms with Gasteiger partial charge in [0.1, 0.15) is 11.0 Å². The topological polar surface area (TPSA) is 84.2 Å². The van der Waals surface area contributed by atoms with Crippen LogP contribution in [0, 0.1) is 0 Å². The van der Waals surface area contributed by atoms with E-state index in [9.17, 15) is 9.90 Å². The van der Waals surface area contributed by atoms with Crippen molar-refractivity contribution < 1.29 is 19.0 Å². The molecule has 2 heterocycles. The molecule has 0 saturated heterocycles. The fourth-order valence-electron chi connectivity index (χ4n) is 2.08. The minimum absolute atomic E-state index is 0.0679. The van der Waals surface area contributed by atoms with Gasteiger partial charge in [-0.15, -0.1) is 4.68 Å². The van der Waals surface area contributed by atoms with Gasteiger partial charge in [-0.25, -0.2) is 9.78 Å². The molecule has 0 atom stereocenters. The smallest absolute Gasteiger partial charge is 0.363 e. The van der Waals surface area contributed by atoms with E-state index in [4.69, 9.17) is 4.74 Å². The van der Waals surface area contributed by atoms with Crippen LogP contribution in [-0.2, 0) is 11.8 Å². The van der Waals surface area contributed by atoms with E-state index in [1.165, 1.54) is 16.2 Å². The highest BCUT2D eigenvalue weighted by Gasteiger charge is 2.25. The number of nitrogens with zero attached hydrogens (tertiary/aromatic N) is 4. The number of carbonyl (C=O) groups excluding carboxylic acids is 1. The first-order chi connectivity index (χ1) is 9.13. The molecule has 19 heavy (non-hydrogen) atoms. The summed E-state index contributed by atoms with van der Waals surface area (Å²) in [4.78, 5) is 16.0. The van der Waals surface area contributed by atoms with Crippen molar-refractivity contribution in [2.45, 2.75) is 0 Å². The molecule has 0 spiro atoms. The zero-order valence-electron chi connectivity index (χ0n) is 10.3. The van der Waals surface area contributed by atoms with Gasteiger partial charge in [-0.2, -0.15) is 4.40 Å². The maximum absolute atomic E-state index is 11.9. The number of fused-ring (bicyclic) bond motifs is 3. The van der Waals surface area contributed by atoms with E-state index >= 15 is 0 Å². The summed E-state index contributed by atoms with van der Waals surface area (Å²) >= 11 is 0. The number of ether oxygens (including phenoxy) is 1. The SMILES string of the molecule is COC(=O)c1nc2ccccc2[n+]2c([O-])nn(C)c12. The van der Waals surface area contributed by atoms with Crippen molar-refractivity contribution >= 4 is 22.6 Å². The molecule has 0 aliphatic rings. The summed E-state index contributed by atoms with van der Waals surface area (Å²) in [6.07, 6.45) is 0. The lowest BCUT2D eigenvalue weighted by molar-refractivity contribution is -0.565. The molecular weight excluding hydrogens is 248 g/mol. The minimum atomic E-state index is -0.605. The maximum atomic E-state index is 11.9. The van der Waals surface area contributed by atoms with Gasteiger partial charge in [0.15, 0.2) is 0 Å². The Bertz CT molecular complexity index is 809. The second kappa shape index (κ2) is 3.91. The third kappa shape index (κ3) is 1.51. The molecule has 96 valence electrons. The molecule has 0 saturated carbocycles. The number of aryl methyl sites for hydroxylation is 1. The molecule has 0 aliphatic heterocycles. The Labute approximate surface area is 107 Å². The average molecular weight is 258 g/mol. The predicted molar refractivity (Wildman–Crippen MR) is 62.5 cm³/mol. The number of carbonyl (C=O) groups is 1. The molecule has 7 nitrogen and oxygen atoms in total. The number of hydrogen-bond donors (Lipinski definition) is 0. The van der Waals surface area contributed by atoms with Crippen LogP contribution in [-0.4, -0.2) is 27.8 Å². The van der Waals surface area contributed by atoms with E-state index < -0.39 is 12.0 Å². The normalized spacial score (nSPS) is 11.1. The van der Waals surface area contributed by atoms with Crippen molar-refractivity contribution in [2.75, 3.05) is 7.11 Å². The minimum Gasteiger partial charge on any atom is -0.817 e. The van der Waals surface area contributed by atoms with E-state index in [1.54, 1.807) is 31.3 Å². The van der Waals surface area contributed by atoms with Crippen LogP contribution < -0.4 is 9.51 Å². The highest BCUT2D eigenvalue weighted by atomic mass is 16.5. The van der Waals surface area contributed by atoms with Crippen LogP contribution in [0.15, 0.2) is 24.3 Å². The number of hydrogen-bond acceptors (Lipinski definition) is 5. The Morgan fingerprint density at radius 3 is 2.89 bits per heavy atom. The maximum Gasteiger partial charge on any atom is 0.363 e. The standard InChI is InChI=1S/C12H10N4O3/c1-15-10-9(11(17)19-2)13-7-5-3-4-6-8(7)16(10)12(18)14-15/h3-6H,1-2H3. The van der Waals surface area contributed by atoms with Crippen molar-refractivity contribution in [1.29, 1.82) is 0 Å². The van der Waals surface area contributed by atoms with Gasteiger partial charge >= 0.3 is 5.97 Å². The van der Waals surface area contributed by atoms with Gasteiger partial charge in [0.05, 0.1) is 14.2 Å². The molecule has 0 N–H and O–H groups in total. The Balaban J connectivity index is 2.57. The lowest BCUT2D eigenvalue weighted by atomic mass is 10.3. The molecule has 3 rings (SSSR count). The largest absolute Gasteiger partial charge is 0.817 e. The van der Waals surface area contributed by atoms with Crippen LogP contribution in [0.25, 0.3) is 16.7 Å². The average Bonchev–Trinajstić information content (AvgIpc) is 2.73. The van der Waals surface area contributed by atoms with Gasteiger partial charge in [0, 0.05) is 5.10 Å². The number of benzene rings is 1. The summed E-state index contributed by atoms with van der Waals surface area (Å²) in [6, 6.07) is 6.59. The van der Waals surface area contributed by atoms with Crippen molar-refractivity contribution in [3.05, 3.63) is 30.0 Å². The summed E-state index contributed by atoms with van der Waals surface area (Å²) in [5, 5.41) is 15.7. The second-order valence-corrected chi connectivity index (χ2v) is 4.01. The van der Waals surface area contributed by atoms with Gasteiger partial charge in [-0.1, -0.05) is 12.1 Å². The fourth-order valence-corrected chi connectivity index (χ4v) is 2.08. The monoisotopic (exact) mass is 258 g/mol. The lowest BCUT2D eigenvalue weighted by Crippen LogP contribution is -2.29. The molecule has 0 unspecified atom stereocenters. The zero-order valence-corrected chi connectivity index (χ0v) is 10.3. The Kier molecular flexibility index (Phi) is 2.34. The van der Waals surface area contributed by atoms with Gasteiger partial charge in [0.25, 0.3) is 5.65 Å². The van der Waals surface area contributed by atoms with Crippen LogP contribution in [0.3, 0.4) is 0 Å². The first-order valence-electron chi connectivity index (χ1n) is 5.56. The number of para-hydroxylation sites is 2. The predicted octanol–water partition coefficient (Wildman–Crippen LogP) is -0.433. The zero-order chi connectivity index (χ0) is 13.6. The van der Waals surface area contributed by atoms with Gasteiger partial charge < -0.3 is 9.84 Å². The highest BCUT2D eigenvalue weighted by molar-refractivity contribution is 5.94. The summed E-state index contributed by atoms with van der Waals surface area (Å²) in [6.45, 7) is 0. The van der Waals surface area contributed by atoms with E-state index in [-0.39, 0.29) is 5.69 Å². The molecular formula is C12H10N4O3. The van der Waals surface area contributed by atoms with Crippen molar-refractivity contribution in [1.82, 2.24) is 14.8 Å². The first-order valence-corrected chi connectivity index (χ1v) is 5.56. The van der Waals surface area contributed by atoms with Crippen molar-refractivity contribution in [3.8, 4) is 6.01 Å². The van der Waals surface area contributed by atoms with Gasteiger partial charge in [-0.05, 0) is 12.1 Å².